The molecule has 170 valence electrons. The molecule has 34 heavy (non-hydrogen) atoms. The lowest BCUT2D eigenvalue weighted by molar-refractivity contribution is -0.140. The molecule has 3 aromatic heterocycles. The van der Waals surface area contributed by atoms with Crippen LogP contribution in [-0.4, -0.2) is 27.0 Å². The van der Waals surface area contributed by atoms with Gasteiger partial charge in [0, 0.05) is 35.3 Å². The van der Waals surface area contributed by atoms with Gasteiger partial charge in [0.05, 0.1) is 5.69 Å². The van der Waals surface area contributed by atoms with Crippen molar-refractivity contribution in [3.63, 3.8) is 0 Å². The zero-order chi connectivity index (χ0) is 23.9. The SMILES string of the molecule is CNc1nc(-c2c(C)ccc3c(Nc4ccccc4)nc(C(F)(F)F)cc23)c2cccnc2n1. The van der Waals surface area contributed by atoms with Crippen molar-refractivity contribution in [2.24, 2.45) is 0 Å². The van der Waals surface area contributed by atoms with Crippen molar-refractivity contribution in [1.82, 2.24) is 19.9 Å². The van der Waals surface area contributed by atoms with Crippen LogP contribution in [0.3, 0.4) is 0 Å². The third kappa shape index (κ3) is 3.85. The monoisotopic (exact) mass is 460 g/mol. The van der Waals surface area contributed by atoms with Crippen molar-refractivity contribution in [2.75, 3.05) is 17.7 Å². The smallest absolute Gasteiger partial charge is 0.357 e. The molecule has 0 spiro atoms. The van der Waals surface area contributed by atoms with E-state index in [4.69, 9.17) is 0 Å². The Hall–Kier alpha value is -4.27. The summed E-state index contributed by atoms with van der Waals surface area (Å²) in [6.07, 6.45) is -3.02. The molecule has 5 aromatic rings. The molecule has 0 fully saturated rings. The number of halogens is 3. The number of aryl methyl sites for hydroxylation is 1. The van der Waals surface area contributed by atoms with Gasteiger partial charge in [0.1, 0.15) is 11.5 Å². The van der Waals surface area contributed by atoms with Crippen molar-refractivity contribution in [3.05, 3.63) is 78.1 Å². The van der Waals surface area contributed by atoms with Crippen LogP contribution in [0, 0.1) is 6.92 Å². The topological polar surface area (TPSA) is 75.6 Å². The Morgan fingerprint density at radius 3 is 2.35 bits per heavy atom. The van der Waals surface area contributed by atoms with Gasteiger partial charge in [0.25, 0.3) is 0 Å². The third-order valence-corrected chi connectivity index (χ3v) is 5.48. The van der Waals surface area contributed by atoms with Crippen LogP contribution in [0.1, 0.15) is 11.3 Å². The fraction of sp³-hybridized carbons (Fsp3) is 0.120. The molecule has 0 aliphatic heterocycles. The van der Waals surface area contributed by atoms with E-state index < -0.39 is 11.9 Å². The second kappa shape index (κ2) is 8.26. The maximum Gasteiger partial charge on any atom is 0.433 e. The highest BCUT2D eigenvalue weighted by Gasteiger charge is 2.34. The van der Waals surface area contributed by atoms with Gasteiger partial charge in [0.2, 0.25) is 5.95 Å². The van der Waals surface area contributed by atoms with Crippen LogP contribution in [0.5, 0.6) is 0 Å². The predicted octanol–water partition coefficient (Wildman–Crippen LogP) is 6.35. The summed E-state index contributed by atoms with van der Waals surface area (Å²) in [4.78, 5) is 17.3. The van der Waals surface area contributed by atoms with Crippen LogP contribution >= 0.6 is 0 Å². The van der Waals surface area contributed by atoms with Crippen molar-refractivity contribution in [3.8, 4) is 11.3 Å². The summed E-state index contributed by atoms with van der Waals surface area (Å²) in [7, 11) is 1.68. The van der Waals surface area contributed by atoms with Crippen molar-refractivity contribution < 1.29 is 13.2 Å². The summed E-state index contributed by atoms with van der Waals surface area (Å²) in [5, 5.41) is 7.52. The highest BCUT2D eigenvalue weighted by Crippen LogP contribution is 2.40. The van der Waals surface area contributed by atoms with Crippen molar-refractivity contribution in [2.45, 2.75) is 13.1 Å². The average molecular weight is 460 g/mol. The fourth-order valence-corrected chi connectivity index (χ4v) is 3.91. The first-order valence-corrected chi connectivity index (χ1v) is 10.5. The van der Waals surface area contributed by atoms with Crippen molar-refractivity contribution in [1.29, 1.82) is 0 Å². The van der Waals surface area contributed by atoms with Gasteiger partial charge in [-0.2, -0.15) is 18.2 Å². The Bertz CT molecular complexity index is 1520. The lowest BCUT2D eigenvalue weighted by atomic mass is 9.95. The standard InChI is InChI=1S/C25H19F3N6/c1-14-10-11-16-18(20(14)21-17-9-6-12-30-22(17)34-24(29-2)33-21)13-19(25(26,27)28)32-23(16)31-15-7-4-3-5-8-15/h3-13H,1-2H3,(H,31,32)(H,29,30,33,34). The van der Waals surface area contributed by atoms with Crippen LogP contribution in [0.15, 0.2) is 66.9 Å². The molecule has 0 radical (unpaired) electrons. The van der Waals surface area contributed by atoms with Gasteiger partial charge in [-0.05, 0) is 48.2 Å². The number of fused-ring (bicyclic) bond motifs is 2. The molecular weight excluding hydrogens is 441 g/mol. The molecule has 2 N–H and O–H groups in total. The van der Waals surface area contributed by atoms with E-state index in [9.17, 15) is 13.2 Å². The number of aromatic nitrogens is 4. The number of para-hydroxylation sites is 1. The van der Waals surface area contributed by atoms with Crippen LogP contribution in [0.4, 0.5) is 30.6 Å². The molecular formula is C25H19F3N6. The zero-order valence-corrected chi connectivity index (χ0v) is 18.3. The Kier molecular flexibility index (Phi) is 5.24. The largest absolute Gasteiger partial charge is 0.433 e. The molecule has 0 aliphatic rings. The van der Waals surface area contributed by atoms with E-state index in [1.807, 2.05) is 25.1 Å². The molecule has 0 amide bonds. The van der Waals surface area contributed by atoms with E-state index in [1.165, 1.54) is 0 Å². The third-order valence-electron chi connectivity index (χ3n) is 5.48. The lowest BCUT2D eigenvalue weighted by Gasteiger charge is -2.18. The number of nitrogens with one attached hydrogen (secondary N) is 2. The minimum Gasteiger partial charge on any atom is -0.357 e. The van der Waals surface area contributed by atoms with Crippen LogP contribution < -0.4 is 10.6 Å². The summed E-state index contributed by atoms with van der Waals surface area (Å²) < 4.78 is 41.7. The lowest BCUT2D eigenvalue weighted by Crippen LogP contribution is -2.10. The van der Waals surface area contributed by atoms with E-state index >= 15 is 0 Å². The molecule has 0 unspecified atom stereocenters. The molecule has 2 aromatic carbocycles. The highest BCUT2D eigenvalue weighted by atomic mass is 19.4. The summed E-state index contributed by atoms with van der Waals surface area (Å²) in [5.74, 6) is 0.438. The maximum atomic E-state index is 13.9. The predicted molar refractivity (Wildman–Crippen MR) is 127 cm³/mol. The number of pyridine rings is 2. The van der Waals surface area contributed by atoms with Gasteiger partial charge < -0.3 is 10.6 Å². The molecule has 0 aliphatic carbocycles. The van der Waals surface area contributed by atoms with Crippen LogP contribution in [0.25, 0.3) is 33.1 Å². The van der Waals surface area contributed by atoms with E-state index in [1.54, 1.807) is 49.6 Å². The minimum atomic E-state index is -4.63. The summed E-state index contributed by atoms with van der Waals surface area (Å²) in [6, 6.07) is 17.2. The van der Waals surface area contributed by atoms with E-state index in [0.717, 1.165) is 11.6 Å². The minimum absolute atomic E-state index is 0.114. The number of hydrogen-bond acceptors (Lipinski definition) is 6. The Morgan fingerprint density at radius 1 is 0.824 bits per heavy atom. The molecule has 0 atom stereocenters. The number of benzene rings is 2. The van der Waals surface area contributed by atoms with Gasteiger partial charge in [-0.25, -0.2) is 15.0 Å². The van der Waals surface area contributed by atoms with Gasteiger partial charge >= 0.3 is 6.18 Å². The van der Waals surface area contributed by atoms with Crippen LogP contribution in [-0.2, 0) is 6.18 Å². The second-order valence-electron chi connectivity index (χ2n) is 7.72. The maximum absolute atomic E-state index is 13.9. The molecule has 3 heterocycles. The van der Waals surface area contributed by atoms with E-state index in [-0.39, 0.29) is 5.82 Å². The molecule has 0 saturated carbocycles. The molecule has 5 rings (SSSR count). The number of rotatable bonds is 4. The summed E-state index contributed by atoms with van der Waals surface area (Å²) in [6.45, 7) is 1.84. The normalized spacial score (nSPS) is 11.7. The quantitative estimate of drug-likeness (QED) is 0.325. The first kappa shape index (κ1) is 21.6. The van der Waals surface area contributed by atoms with Crippen LogP contribution in [0.2, 0.25) is 0 Å². The van der Waals surface area contributed by atoms with Gasteiger partial charge in [-0.15, -0.1) is 0 Å². The summed E-state index contributed by atoms with van der Waals surface area (Å²) in [5.41, 5.74) is 1.92. The Labute approximate surface area is 192 Å². The van der Waals surface area contributed by atoms with E-state index in [2.05, 4.69) is 30.6 Å². The molecule has 0 saturated heterocycles. The first-order chi connectivity index (χ1) is 16.3. The highest BCUT2D eigenvalue weighted by molar-refractivity contribution is 6.07. The molecule has 0 bridgehead atoms. The second-order valence-corrected chi connectivity index (χ2v) is 7.72. The number of anilines is 3. The van der Waals surface area contributed by atoms with Gasteiger partial charge in [0.15, 0.2) is 5.65 Å². The Balaban J connectivity index is 1.86. The molecule has 6 nitrogen and oxygen atoms in total. The number of hydrogen-bond donors (Lipinski definition) is 2. The number of nitrogens with zero attached hydrogens (tertiary/aromatic N) is 4. The van der Waals surface area contributed by atoms with Gasteiger partial charge in [-0.3, -0.25) is 0 Å². The first-order valence-electron chi connectivity index (χ1n) is 10.5. The zero-order valence-electron chi connectivity index (χ0n) is 18.3. The van der Waals surface area contributed by atoms with Gasteiger partial charge in [-0.1, -0.05) is 30.3 Å². The van der Waals surface area contributed by atoms with E-state index in [0.29, 0.717) is 44.7 Å². The fourth-order valence-electron chi connectivity index (χ4n) is 3.91. The average Bonchev–Trinajstić information content (AvgIpc) is 2.83. The summed E-state index contributed by atoms with van der Waals surface area (Å²) >= 11 is 0. The number of alkyl halides is 3. The van der Waals surface area contributed by atoms with Crippen molar-refractivity contribution >= 4 is 39.3 Å². The Morgan fingerprint density at radius 2 is 1.62 bits per heavy atom. The molecule has 9 heteroatoms.